The molecule has 0 bridgehead atoms. The Balaban J connectivity index is 2.05. The molecule has 1 aliphatic rings. The Labute approximate surface area is 112 Å². The fourth-order valence-corrected chi connectivity index (χ4v) is 3.30. The van der Waals surface area contributed by atoms with Crippen molar-refractivity contribution >= 4 is 0 Å². The first-order valence-corrected chi connectivity index (χ1v) is 7.60. The topological polar surface area (TPSA) is 12.0 Å². The highest BCUT2D eigenvalue weighted by Gasteiger charge is 2.20. The number of nitrogens with one attached hydrogen (secondary N) is 1. The van der Waals surface area contributed by atoms with Gasteiger partial charge in [0.05, 0.1) is 0 Å². The molecule has 0 amide bonds. The van der Waals surface area contributed by atoms with Gasteiger partial charge in [-0.15, -0.1) is 0 Å². The van der Waals surface area contributed by atoms with E-state index in [4.69, 9.17) is 0 Å². The van der Waals surface area contributed by atoms with E-state index in [1.165, 1.54) is 49.7 Å². The summed E-state index contributed by atoms with van der Waals surface area (Å²) in [6.07, 6.45) is 8.53. The van der Waals surface area contributed by atoms with E-state index in [-0.39, 0.29) is 0 Å². The monoisotopic (exact) mass is 245 g/mol. The van der Waals surface area contributed by atoms with E-state index in [1.54, 1.807) is 0 Å². The molecule has 18 heavy (non-hydrogen) atoms. The number of hydrogen-bond acceptors (Lipinski definition) is 1. The molecule has 1 aromatic carbocycles. The van der Waals surface area contributed by atoms with Crippen LogP contribution < -0.4 is 5.32 Å². The lowest BCUT2D eigenvalue weighted by Gasteiger charge is -2.28. The Kier molecular flexibility index (Phi) is 5.25. The number of aryl methyl sites for hydroxylation is 1. The van der Waals surface area contributed by atoms with Crippen LogP contribution in [0.25, 0.3) is 0 Å². The fourth-order valence-electron chi connectivity index (χ4n) is 3.30. The Morgan fingerprint density at radius 2 is 1.89 bits per heavy atom. The van der Waals surface area contributed by atoms with Gasteiger partial charge < -0.3 is 5.32 Å². The summed E-state index contributed by atoms with van der Waals surface area (Å²) in [5.74, 6) is 0.933. The van der Waals surface area contributed by atoms with E-state index in [2.05, 4.69) is 43.4 Å². The second-order valence-electron chi connectivity index (χ2n) is 5.71. The third-order valence-electron chi connectivity index (χ3n) is 4.31. The zero-order valence-corrected chi connectivity index (χ0v) is 11.9. The van der Waals surface area contributed by atoms with Crippen molar-refractivity contribution in [3.63, 3.8) is 0 Å². The third-order valence-corrected chi connectivity index (χ3v) is 4.31. The van der Waals surface area contributed by atoms with Crippen molar-refractivity contribution in [2.24, 2.45) is 5.92 Å². The van der Waals surface area contributed by atoms with Gasteiger partial charge in [-0.3, -0.25) is 0 Å². The van der Waals surface area contributed by atoms with Crippen LogP contribution in [0.3, 0.4) is 0 Å². The highest BCUT2D eigenvalue weighted by molar-refractivity contribution is 5.28. The SMILES string of the molecule is CCNC(CC1CCCCC1)c1ccccc1C. The molecular weight excluding hydrogens is 218 g/mol. The average Bonchev–Trinajstić information content (AvgIpc) is 2.40. The van der Waals surface area contributed by atoms with Crippen molar-refractivity contribution in [3.05, 3.63) is 35.4 Å². The second kappa shape index (κ2) is 6.94. The highest BCUT2D eigenvalue weighted by atomic mass is 14.9. The first-order chi connectivity index (χ1) is 8.81. The van der Waals surface area contributed by atoms with Gasteiger partial charge in [-0.2, -0.15) is 0 Å². The lowest BCUT2D eigenvalue weighted by molar-refractivity contribution is 0.301. The van der Waals surface area contributed by atoms with Crippen molar-refractivity contribution in [1.82, 2.24) is 5.32 Å². The second-order valence-corrected chi connectivity index (χ2v) is 5.71. The van der Waals surface area contributed by atoms with Crippen molar-refractivity contribution in [1.29, 1.82) is 0 Å². The minimum Gasteiger partial charge on any atom is -0.310 e. The molecule has 1 heteroatoms. The Morgan fingerprint density at radius 1 is 1.17 bits per heavy atom. The summed E-state index contributed by atoms with van der Waals surface area (Å²) < 4.78 is 0. The summed E-state index contributed by atoms with van der Waals surface area (Å²) in [6.45, 7) is 5.51. The number of rotatable bonds is 5. The van der Waals surface area contributed by atoms with E-state index >= 15 is 0 Å². The van der Waals surface area contributed by atoms with Gasteiger partial charge in [-0.05, 0) is 36.9 Å². The fraction of sp³-hybridized carbons (Fsp3) is 0.647. The summed E-state index contributed by atoms with van der Waals surface area (Å²) in [4.78, 5) is 0. The summed E-state index contributed by atoms with van der Waals surface area (Å²) in [5, 5.41) is 3.69. The zero-order chi connectivity index (χ0) is 12.8. The van der Waals surface area contributed by atoms with Crippen molar-refractivity contribution < 1.29 is 0 Å². The maximum atomic E-state index is 3.69. The van der Waals surface area contributed by atoms with Crippen LogP contribution in [0, 0.1) is 12.8 Å². The molecule has 100 valence electrons. The lowest BCUT2D eigenvalue weighted by Crippen LogP contribution is -2.25. The predicted molar refractivity (Wildman–Crippen MR) is 78.8 cm³/mol. The van der Waals surface area contributed by atoms with Crippen molar-refractivity contribution in [3.8, 4) is 0 Å². The first-order valence-electron chi connectivity index (χ1n) is 7.60. The van der Waals surface area contributed by atoms with Crippen molar-refractivity contribution in [2.45, 2.75) is 58.4 Å². The zero-order valence-electron chi connectivity index (χ0n) is 11.9. The largest absolute Gasteiger partial charge is 0.310 e. The molecule has 1 nitrogen and oxygen atoms in total. The minimum atomic E-state index is 0.555. The third kappa shape index (κ3) is 3.58. The maximum Gasteiger partial charge on any atom is 0.0325 e. The standard InChI is InChI=1S/C17H27N/c1-3-18-17(13-15-10-5-4-6-11-15)16-12-8-7-9-14(16)2/h7-9,12,15,17-18H,3-6,10-11,13H2,1-2H3. The van der Waals surface area contributed by atoms with E-state index in [0.29, 0.717) is 6.04 Å². The van der Waals surface area contributed by atoms with Gasteiger partial charge in [-0.1, -0.05) is 63.3 Å². The summed E-state index contributed by atoms with van der Waals surface area (Å²) in [6, 6.07) is 9.40. The van der Waals surface area contributed by atoms with Crippen LogP contribution in [-0.2, 0) is 0 Å². The first kappa shape index (κ1) is 13.6. The Bertz CT molecular complexity index is 352. The molecule has 0 saturated heterocycles. The molecule has 0 aliphatic heterocycles. The normalized spacial score (nSPS) is 18.8. The van der Waals surface area contributed by atoms with Gasteiger partial charge in [0.15, 0.2) is 0 Å². The molecule has 1 fully saturated rings. The van der Waals surface area contributed by atoms with Gasteiger partial charge >= 0.3 is 0 Å². The molecule has 2 rings (SSSR count). The average molecular weight is 245 g/mol. The summed E-state index contributed by atoms with van der Waals surface area (Å²) in [7, 11) is 0. The molecule has 1 aromatic rings. The van der Waals surface area contributed by atoms with Crippen LogP contribution in [0.2, 0.25) is 0 Å². The Morgan fingerprint density at radius 3 is 2.56 bits per heavy atom. The van der Waals surface area contributed by atoms with Gasteiger partial charge in [-0.25, -0.2) is 0 Å². The van der Waals surface area contributed by atoms with Crippen molar-refractivity contribution in [2.75, 3.05) is 6.54 Å². The predicted octanol–water partition coefficient (Wildman–Crippen LogP) is 4.62. The van der Waals surface area contributed by atoms with Gasteiger partial charge in [0.2, 0.25) is 0 Å². The van der Waals surface area contributed by atoms with Crippen LogP contribution in [0.5, 0.6) is 0 Å². The van der Waals surface area contributed by atoms with E-state index < -0.39 is 0 Å². The molecular formula is C17H27N. The minimum absolute atomic E-state index is 0.555. The maximum absolute atomic E-state index is 3.69. The van der Waals surface area contributed by atoms with Crippen LogP contribution in [-0.4, -0.2) is 6.54 Å². The summed E-state index contributed by atoms with van der Waals surface area (Å²) in [5.41, 5.74) is 2.93. The van der Waals surface area contributed by atoms with E-state index in [0.717, 1.165) is 12.5 Å². The molecule has 1 atom stereocenters. The molecule has 0 aromatic heterocycles. The van der Waals surface area contributed by atoms with Crippen LogP contribution in [0.1, 0.15) is 62.6 Å². The lowest BCUT2D eigenvalue weighted by atomic mass is 9.82. The Hall–Kier alpha value is -0.820. The molecule has 1 saturated carbocycles. The molecule has 1 aliphatic carbocycles. The summed E-state index contributed by atoms with van der Waals surface area (Å²) >= 11 is 0. The van der Waals surface area contributed by atoms with Gasteiger partial charge in [0, 0.05) is 6.04 Å². The molecule has 0 heterocycles. The van der Waals surface area contributed by atoms with Gasteiger partial charge in [0.1, 0.15) is 0 Å². The van der Waals surface area contributed by atoms with Crippen LogP contribution in [0.15, 0.2) is 24.3 Å². The molecule has 1 unspecified atom stereocenters. The molecule has 0 radical (unpaired) electrons. The van der Waals surface area contributed by atoms with Crippen LogP contribution in [0.4, 0.5) is 0 Å². The highest BCUT2D eigenvalue weighted by Crippen LogP contribution is 2.32. The quantitative estimate of drug-likeness (QED) is 0.798. The van der Waals surface area contributed by atoms with E-state index in [9.17, 15) is 0 Å². The van der Waals surface area contributed by atoms with E-state index in [1.807, 2.05) is 0 Å². The smallest absolute Gasteiger partial charge is 0.0325 e. The number of hydrogen-bond donors (Lipinski definition) is 1. The number of benzene rings is 1. The van der Waals surface area contributed by atoms with Gasteiger partial charge in [0.25, 0.3) is 0 Å². The molecule has 0 spiro atoms. The molecule has 1 N–H and O–H groups in total. The van der Waals surface area contributed by atoms with Crippen LogP contribution >= 0.6 is 0 Å².